The lowest BCUT2D eigenvalue weighted by Crippen LogP contribution is -2.48. The monoisotopic (exact) mass is 369 g/mol. The van der Waals surface area contributed by atoms with E-state index in [0.717, 1.165) is 11.1 Å². The number of ether oxygens (including phenoxy) is 1. The first kappa shape index (κ1) is 19.1. The number of rotatable bonds is 4. The maximum absolute atomic E-state index is 12.0. The third kappa shape index (κ3) is 5.71. The Morgan fingerprint density at radius 2 is 1.85 bits per heavy atom. The van der Waals surface area contributed by atoms with Crippen molar-refractivity contribution in [1.82, 2.24) is 16.2 Å². The van der Waals surface area contributed by atoms with Crippen LogP contribution in [0.25, 0.3) is 6.08 Å². The molecule has 6 nitrogen and oxygen atoms in total. The molecule has 134 valence electrons. The summed E-state index contributed by atoms with van der Waals surface area (Å²) >= 11 is 4.99. The first-order valence-electron chi connectivity index (χ1n) is 7.78. The molecule has 0 unspecified atom stereocenters. The molecule has 0 bridgehead atoms. The Bertz CT molecular complexity index is 849. The molecule has 0 aliphatic carbocycles. The molecule has 2 rings (SSSR count). The van der Waals surface area contributed by atoms with Crippen LogP contribution >= 0.6 is 12.2 Å². The van der Waals surface area contributed by atoms with E-state index in [1.165, 1.54) is 6.08 Å². The van der Waals surface area contributed by atoms with Gasteiger partial charge < -0.3 is 4.74 Å². The summed E-state index contributed by atoms with van der Waals surface area (Å²) in [6.07, 6.45) is 2.94. The van der Waals surface area contributed by atoms with Crippen LogP contribution in [-0.4, -0.2) is 24.0 Å². The summed E-state index contributed by atoms with van der Waals surface area (Å²) in [6.45, 7) is 1.89. The summed E-state index contributed by atoms with van der Waals surface area (Å²) in [5.41, 5.74) is 7.14. The number of amides is 2. The Morgan fingerprint density at radius 1 is 1.08 bits per heavy atom. The van der Waals surface area contributed by atoms with Gasteiger partial charge in [-0.2, -0.15) is 0 Å². The predicted molar refractivity (Wildman–Crippen MR) is 105 cm³/mol. The fraction of sp³-hybridized carbons (Fsp3) is 0.105. The zero-order chi connectivity index (χ0) is 18.9. The van der Waals surface area contributed by atoms with Crippen molar-refractivity contribution in [3.05, 3.63) is 71.3 Å². The Kier molecular flexibility index (Phi) is 6.87. The lowest BCUT2D eigenvalue weighted by atomic mass is 10.1. The Balaban J connectivity index is 1.84. The van der Waals surface area contributed by atoms with Gasteiger partial charge in [-0.25, -0.2) is 0 Å². The second kappa shape index (κ2) is 9.33. The zero-order valence-corrected chi connectivity index (χ0v) is 15.2. The van der Waals surface area contributed by atoms with E-state index in [1.807, 2.05) is 31.2 Å². The van der Waals surface area contributed by atoms with E-state index in [-0.39, 0.29) is 11.0 Å². The number of benzene rings is 2. The zero-order valence-electron chi connectivity index (χ0n) is 14.4. The second-order valence-corrected chi connectivity index (χ2v) is 5.75. The summed E-state index contributed by atoms with van der Waals surface area (Å²) in [7, 11) is 1.56. The molecule has 3 N–H and O–H groups in total. The van der Waals surface area contributed by atoms with E-state index in [0.29, 0.717) is 11.3 Å². The molecule has 0 atom stereocenters. The molecule has 0 aliphatic rings. The van der Waals surface area contributed by atoms with Crippen LogP contribution in [0.15, 0.2) is 54.6 Å². The molecule has 0 spiro atoms. The van der Waals surface area contributed by atoms with Crippen molar-refractivity contribution in [3.63, 3.8) is 0 Å². The van der Waals surface area contributed by atoms with Gasteiger partial charge in [-0.05, 0) is 43.4 Å². The number of carbonyl (C=O) groups excluding carboxylic acids is 2. The molecule has 0 radical (unpaired) electrons. The highest BCUT2D eigenvalue weighted by molar-refractivity contribution is 7.80. The largest absolute Gasteiger partial charge is 0.496 e. The maximum Gasteiger partial charge on any atom is 0.269 e. The summed E-state index contributed by atoms with van der Waals surface area (Å²) < 4.78 is 5.21. The van der Waals surface area contributed by atoms with Gasteiger partial charge in [0, 0.05) is 17.2 Å². The lowest BCUT2D eigenvalue weighted by Gasteiger charge is -2.10. The van der Waals surface area contributed by atoms with Gasteiger partial charge in [-0.3, -0.25) is 25.8 Å². The molecule has 7 heteroatoms. The van der Waals surface area contributed by atoms with Crippen LogP contribution in [0.1, 0.15) is 21.5 Å². The van der Waals surface area contributed by atoms with E-state index in [2.05, 4.69) is 16.2 Å². The number of aryl methyl sites for hydroxylation is 1. The minimum Gasteiger partial charge on any atom is -0.496 e. The molecule has 0 saturated carbocycles. The van der Waals surface area contributed by atoms with Crippen LogP contribution in [-0.2, 0) is 4.79 Å². The first-order chi connectivity index (χ1) is 12.5. The SMILES string of the molecule is COc1ccccc1/C=C/C(=O)NC(=S)NNC(=O)c1cccc(C)c1. The molecule has 26 heavy (non-hydrogen) atoms. The molecule has 0 aromatic heterocycles. The third-order valence-corrected chi connectivity index (χ3v) is 3.56. The number of methoxy groups -OCH3 is 1. The van der Waals surface area contributed by atoms with Gasteiger partial charge in [0.1, 0.15) is 5.75 Å². The van der Waals surface area contributed by atoms with Gasteiger partial charge in [0.2, 0.25) is 5.91 Å². The van der Waals surface area contributed by atoms with Gasteiger partial charge >= 0.3 is 0 Å². The molecule has 2 aromatic rings. The summed E-state index contributed by atoms with van der Waals surface area (Å²) in [6, 6.07) is 14.4. The molecular weight excluding hydrogens is 350 g/mol. The number of nitrogens with one attached hydrogen (secondary N) is 3. The van der Waals surface area contributed by atoms with Crippen molar-refractivity contribution in [1.29, 1.82) is 0 Å². The molecular formula is C19H19N3O3S. The smallest absolute Gasteiger partial charge is 0.269 e. The number of hydrogen-bond acceptors (Lipinski definition) is 4. The highest BCUT2D eigenvalue weighted by atomic mass is 32.1. The average molecular weight is 369 g/mol. The fourth-order valence-electron chi connectivity index (χ4n) is 2.13. The van der Waals surface area contributed by atoms with Gasteiger partial charge in [-0.15, -0.1) is 0 Å². The van der Waals surface area contributed by atoms with Gasteiger partial charge in [0.05, 0.1) is 7.11 Å². The van der Waals surface area contributed by atoms with Crippen LogP contribution in [0.5, 0.6) is 5.75 Å². The second-order valence-electron chi connectivity index (χ2n) is 5.34. The Labute approximate surface area is 157 Å². The van der Waals surface area contributed by atoms with E-state index in [1.54, 1.807) is 37.5 Å². The van der Waals surface area contributed by atoms with Gasteiger partial charge in [0.15, 0.2) is 5.11 Å². The molecule has 2 aromatic carbocycles. The Hall–Kier alpha value is -3.19. The van der Waals surface area contributed by atoms with Crippen LogP contribution in [0.2, 0.25) is 0 Å². The summed E-state index contributed by atoms with van der Waals surface area (Å²) in [4.78, 5) is 23.9. The molecule has 0 heterocycles. The summed E-state index contributed by atoms with van der Waals surface area (Å²) in [5.74, 6) is -0.129. The van der Waals surface area contributed by atoms with Crippen molar-refractivity contribution >= 4 is 35.2 Å². The molecule has 2 amide bonds. The highest BCUT2D eigenvalue weighted by Crippen LogP contribution is 2.18. The predicted octanol–water partition coefficient (Wildman–Crippen LogP) is 2.35. The fourth-order valence-corrected chi connectivity index (χ4v) is 2.28. The molecule has 0 fully saturated rings. The molecule has 0 aliphatic heterocycles. The number of hydrogen-bond donors (Lipinski definition) is 3. The Morgan fingerprint density at radius 3 is 2.58 bits per heavy atom. The third-order valence-electron chi connectivity index (χ3n) is 3.36. The lowest BCUT2D eigenvalue weighted by molar-refractivity contribution is -0.115. The van der Waals surface area contributed by atoms with Crippen molar-refractivity contribution in [2.24, 2.45) is 0 Å². The van der Waals surface area contributed by atoms with E-state index < -0.39 is 5.91 Å². The standard InChI is InChI=1S/C19H19N3O3S/c1-13-6-5-8-15(12-13)18(24)21-22-19(26)20-17(23)11-10-14-7-3-4-9-16(14)25-2/h3-12H,1-2H3,(H,21,24)(H2,20,22,23,26)/b11-10+. The molecule has 0 saturated heterocycles. The van der Waals surface area contributed by atoms with E-state index in [9.17, 15) is 9.59 Å². The average Bonchev–Trinajstić information content (AvgIpc) is 2.64. The van der Waals surface area contributed by atoms with Crippen LogP contribution in [0.3, 0.4) is 0 Å². The number of carbonyl (C=O) groups is 2. The summed E-state index contributed by atoms with van der Waals surface area (Å²) in [5, 5.41) is 2.43. The minimum atomic E-state index is -0.432. The van der Waals surface area contributed by atoms with Gasteiger partial charge in [-0.1, -0.05) is 35.9 Å². The number of hydrazine groups is 1. The maximum atomic E-state index is 12.0. The van der Waals surface area contributed by atoms with Crippen molar-refractivity contribution in [2.45, 2.75) is 6.92 Å². The van der Waals surface area contributed by atoms with Crippen LogP contribution < -0.4 is 20.9 Å². The normalized spacial score (nSPS) is 10.2. The quantitative estimate of drug-likeness (QED) is 0.438. The van der Waals surface area contributed by atoms with Gasteiger partial charge in [0.25, 0.3) is 5.91 Å². The van der Waals surface area contributed by atoms with E-state index >= 15 is 0 Å². The number of para-hydroxylation sites is 1. The highest BCUT2D eigenvalue weighted by Gasteiger charge is 2.07. The van der Waals surface area contributed by atoms with Crippen molar-refractivity contribution in [3.8, 4) is 5.75 Å². The number of thiocarbonyl (C=S) groups is 1. The van der Waals surface area contributed by atoms with Crippen LogP contribution in [0.4, 0.5) is 0 Å². The van der Waals surface area contributed by atoms with E-state index in [4.69, 9.17) is 17.0 Å². The minimum absolute atomic E-state index is 0.0133. The van der Waals surface area contributed by atoms with Crippen molar-refractivity contribution < 1.29 is 14.3 Å². The van der Waals surface area contributed by atoms with Crippen molar-refractivity contribution in [2.75, 3.05) is 7.11 Å². The van der Waals surface area contributed by atoms with Crippen LogP contribution in [0, 0.1) is 6.92 Å². The topological polar surface area (TPSA) is 79.5 Å². The first-order valence-corrected chi connectivity index (χ1v) is 8.19.